The zero-order valence-electron chi connectivity index (χ0n) is 9.35. The van der Waals surface area contributed by atoms with Gasteiger partial charge in [0, 0.05) is 12.1 Å². The molecule has 1 aliphatic rings. The van der Waals surface area contributed by atoms with Crippen LogP contribution in [-0.2, 0) is 4.79 Å². The van der Waals surface area contributed by atoms with Gasteiger partial charge in [-0.2, -0.15) is 0 Å². The second kappa shape index (κ2) is 4.47. The van der Waals surface area contributed by atoms with Gasteiger partial charge < -0.3 is 4.90 Å². The summed E-state index contributed by atoms with van der Waals surface area (Å²) in [4.78, 5) is 25.2. The number of benzene rings is 1. The lowest BCUT2D eigenvalue weighted by atomic mass is 10.1. The summed E-state index contributed by atoms with van der Waals surface area (Å²) in [5.41, 5.74) is 0.663. The van der Waals surface area contributed by atoms with Crippen molar-refractivity contribution in [1.82, 2.24) is 4.90 Å². The van der Waals surface area contributed by atoms with Crippen LogP contribution in [0.5, 0.6) is 0 Å². The molecular weight excluding hydrogens is 202 g/mol. The van der Waals surface area contributed by atoms with Gasteiger partial charge in [-0.25, -0.2) is 0 Å². The normalized spacial score (nSPS) is 19.8. The smallest absolute Gasteiger partial charge is 0.254 e. The average Bonchev–Trinajstić information content (AvgIpc) is 2.78. The number of carbonyl (C=O) groups excluding carboxylic acids is 2. The van der Waals surface area contributed by atoms with Crippen molar-refractivity contribution in [3.8, 4) is 0 Å². The van der Waals surface area contributed by atoms with Crippen LogP contribution in [0.2, 0.25) is 0 Å². The molecule has 84 valence electrons. The number of nitrogens with zero attached hydrogens (tertiary/aromatic N) is 1. The van der Waals surface area contributed by atoms with Gasteiger partial charge in [0.05, 0.1) is 6.04 Å². The number of rotatable bonds is 2. The molecule has 0 radical (unpaired) electrons. The van der Waals surface area contributed by atoms with Crippen LogP contribution in [0.3, 0.4) is 0 Å². The first-order valence-corrected chi connectivity index (χ1v) is 5.56. The molecule has 1 saturated heterocycles. The minimum Gasteiger partial charge on any atom is -0.329 e. The highest BCUT2D eigenvalue weighted by Crippen LogP contribution is 2.20. The Morgan fingerprint density at radius 3 is 2.56 bits per heavy atom. The molecule has 1 aromatic carbocycles. The standard InChI is InChI=1S/C13H15NO2/c1-10(15)12-8-5-9-14(12)13(16)11-6-3-2-4-7-11/h2-4,6-7,12H,5,8-9H2,1H3. The first-order valence-electron chi connectivity index (χ1n) is 5.56. The van der Waals surface area contributed by atoms with E-state index in [1.807, 2.05) is 18.2 Å². The van der Waals surface area contributed by atoms with Gasteiger partial charge in [-0.1, -0.05) is 18.2 Å². The van der Waals surface area contributed by atoms with Crippen molar-refractivity contribution >= 4 is 11.7 Å². The van der Waals surface area contributed by atoms with Gasteiger partial charge in [-0.15, -0.1) is 0 Å². The fourth-order valence-corrected chi connectivity index (χ4v) is 2.18. The molecule has 1 heterocycles. The van der Waals surface area contributed by atoms with E-state index in [1.165, 1.54) is 0 Å². The maximum absolute atomic E-state index is 12.1. The maximum atomic E-state index is 12.1. The van der Waals surface area contributed by atoms with Crippen molar-refractivity contribution in [2.75, 3.05) is 6.54 Å². The molecule has 0 saturated carbocycles. The molecule has 2 rings (SSSR count). The number of ketones is 1. The number of amides is 1. The highest BCUT2D eigenvalue weighted by molar-refractivity contribution is 5.97. The number of Topliss-reactive ketones (excluding diaryl/α,β-unsaturated/α-hetero) is 1. The van der Waals surface area contributed by atoms with Crippen molar-refractivity contribution < 1.29 is 9.59 Å². The largest absolute Gasteiger partial charge is 0.329 e. The predicted molar refractivity (Wildman–Crippen MR) is 61.2 cm³/mol. The van der Waals surface area contributed by atoms with Crippen LogP contribution in [0.1, 0.15) is 30.1 Å². The Hall–Kier alpha value is -1.64. The first kappa shape index (κ1) is 10.9. The van der Waals surface area contributed by atoms with Crippen LogP contribution in [0.25, 0.3) is 0 Å². The molecule has 0 spiro atoms. The highest BCUT2D eigenvalue weighted by atomic mass is 16.2. The summed E-state index contributed by atoms with van der Waals surface area (Å²) in [7, 11) is 0. The van der Waals surface area contributed by atoms with E-state index in [0.29, 0.717) is 12.1 Å². The van der Waals surface area contributed by atoms with E-state index in [0.717, 1.165) is 12.8 Å². The molecule has 0 aromatic heterocycles. The summed E-state index contributed by atoms with van der Waals surface area (Å²) in [6, 6.07) is 8.92. The van der Waals surface area contributed by atoms with Crippen molar-refractivity contribution in [1.29, 1.82) is 0 Å². The third-order valence-corrected chi connectivity index (χ3v) is 3.00. The molecule has 1 amide bonds. The molecule has 1 aliphatic heterocycles. The van der Waals surface area contributed by atoms with E-state index in [4.69, 9.17) is 0 Å². The van der Waals surface area contributed by atoms with Gasteiger partial charge in [0.25, 0.3) is 5.91 Å². The average molecular weight is 217 g/mol. The van der Waals surface area contributed by atoms with Crippen LogP contribution in [0, 0.1) is 0 Å². The molecule has 0 bridgehead atoms. The molecule has 1 fully saturated rings. The van der Waals surface area contributed by atoms with Crippen LogP contribution in [-0.4, -0.2) is 29.2 Å². The Balaban J connectivity index is 2.19. The van der Waals surface area contributed by atoms with Gasteiger partial charge >= 0.3 is 0 Å². The fraction of sp³-hybridized carbons (Fsp3) is 0.385. The van der Waals surface area contributed by atoms with Crippen LogP contribution in [0.4, 0.5) is 0 Å². The van der Waals surface area contributed by atoms with E-state index in [9.17, 15) is 9.59 Å². The summed E-state index contributed by atoms with van der Waals surface area (Å²) in [6.07, 6.45) is 1.72. The maximum Gasteiger partial charge on any atom is 0.254 e. The Bertz CT molecular complexity index is 400. The Morgan fingerprint density at radius 1 is 1.25 bits per heavy atom. The van der Waals surface area contributed by atoms with Crippen LogP contribution in [0.15, 0.2) is 30.3 Å². The Kier molecular flexibility index (Phi) is 3.04. The van der Waals surface area contributed by atoms with Crippen molar-refractivity contribution in [2.45, 2.75) is 25.8 Å². The monoisotopic (exact) mass is 217 g/mol. The van der Waals surface area contributed by atoms with E-state index >= 15 is 0 Å². The van der Waals surface area contributed by atoms with Crippen molar-refractivity contribution in [3.63, 3.8) is 0 Å². The zero-order valence-corrected chi connectivity index (χ0v) is 9.35. The molecule has 3 heteroatoms. The molecule has 16 heavy (non-hydrogen) atoms. The van der Waals surface area contributed by atoms with E-state index in [2.05, 4.69) is 0 Å². The minimum atomic E-state index is -0.215. The highest BCUT2D eigenvalue weighted by Gasteiger charge is 2.31. The fourth-order valence-electron chi connectivity index (χ4n) is 2.18. The number of hydrogen-bond donors (Lipinski definition) is 0. The summed E-state index contributed by atoms with van der Waals surface area (Å²) in [6.45, 7) is 2.25. The summed E-state index contributed by atoms with van der Waals surface area (Å²) < 4.78 is 0. The third-order valence-electron chi connectivity index (χ3n) is 3.00. The van der Waals surface area contributed by atoms with Gasteiger partial charge in [0.1, 0.15) is 0 Å². The summed E-state index contributed by atoms with van der Waals surface area (Å²) in [5, 5.41) is 0. The second-order valence-electron chi connectivity index (χ2n) is 4.13. The SMILES string of the molecule is CC(=O)C1CCCN1C(=O)c1ccccc1. The van der Waals surface area contributed by atoms with Crippen molar-refractivity contribution in [2.24, 2.45) is 0 Å². The third kappa shape index (κ3) is 1.98. The van der Waals surface area contributed by atoms with Crippen LogP contribution < -0.4 is 0 Å². The van der Waals surface area contributed by atoms with Gasteiger partial charge in [0.2, 0.25) is 0 Å². The van der Waals surface area contributed by atoms with Gasteiger partial charge in [0.15, 0.2) is 5.78 Å². The molecule has 0 N–H and O–H groups in total. The molecule has 0 aliphatic carbocycles. The number of likely N-dealkylation sites (tertiary alicyclic amines) is 1. The first-order chi connectivity index (χ1) is 7.70. The quantitative estimate of drug-likeness (QED) is 0.758. The Morgan fingerprint density at radius 2 is 1.94 bits per heavy atom. The second-order valence-corrected chi connectivity index (χ2v) is 4.13. The number of hydrogen-bond acceptors (Lipinski definition) is 2. The topological polar surface area (TPSA) is 37.4 Å². The molecule has 1 unspecified atom stereocenters. The number of carbonyl (C=O) groups is 2. The zero-order chi connectivity index (χ0) is 11.5. The van der Waals surface area contributed by atoms with E-state index in [1.54, 1.807) is 24.0 Å². The Labute approximate surface area is 95.1 Å². The van der Waals surface area contributed by atoms with E-state index < -0.39 is 0 Å². The van der Waals surface area contributed by atoms with Crippen molar-refractivity contribution in [3.05, 3.63) is 35.9 Å². The molecule has 3 nitrogen and oxygen atoms in total. The lowest BCUT2D eigenvalue weighted by Crippen LogP contribution is -2.39. The molecular formula is C13H15NO2. The lowest BCUT2D eigenvalue weighted by molar-refractivity contribution is -0.120. The molecule has 1 aromatic rings. The molecule has 1 atom stereocenters. The van der Waals surface area contributed by atoms with Gasteiger partial charge in [-0.05, 0) is 31.9 Å². The van der Waals surface area contributed by atoms with E-state index in [-0.39, 0.29) is 17.7 Å². The summed E-state index contributed by atoms with van der Waals surface area (Å²) in [5.74, 6) is 0.0556. The minimum absolute atomic E-state index is 0.0294. The van der Waals surface area contributed by atoms with Gasteiger partial charge in [-0.3, -0.25) is 9.59 Å². The lowest BCUT2D eigenvalue weighted by Gasteiger charge is -2.22. The summed E-state index contributed by atoms with van der Waals surface area (Å²) >= 11 is 0. The predicted octanol–water partition coefficient (Wildman–Crippen LogP) is 1.88. The van der Waals surface area contributed by atoms with Crippen LogP contribution >= 0.6 is 0 Å².